The molecule has 2 aliphatic rings. The summed E-state index contributed by atoms with van der Waals surface area (Å²) in [6.07, 6.45) is 5.84. The lowest BCUT2D eigenvalue weighted by atomic mass is 9.74. The first-order valence-corrected chi connectivity index (χ1v) is 7.70. The van der Waals surface area contributed by atoms with Gasteiger partial charge >= 0.3 is 0 Å². The molecule has 0 radical (unpaired) electrons. The summed E-state index contributed by atoms with van der Waals surface area (Å²) in [6.45, 7) is 2.86. The fourth-order valence-corrected chi connectivity index (χ4v) is 3.19. The molecule has 0 amide bonds. The average Bonchev–Trinajstić information content (AvgIpc) is 2.39. The van der Waals surface area contributed by atoms with Gasteiger partial charge in [-0.3, -0.25) is 0 Å². The second-order valence-corrected chi connectivity index (χ2v) is 6.40. The van der Waals surface area contributed by atoms with Crippen LogP contribution in [0.4, 0.5) is 0 Å². The maximum absolute atomic E-state index is 6.21. The molecule has 1 aliphatic heterocycles. The van der Waals surface area contributed by atoms with Crippen LogP contribution in [0.3, 0.4) is 0 Å². The number of ether oxygens (including phenoxy) is 2. The summed E-state index contributed by atoms with van der Waals surface area (Å²) < 4.78 is 12.2. The van der Waals surface area contributed by atoms with Crippen molar-refractivity contribution in [1.29, 1.82) is 0 Å². The Bertz CT molecular complexity index is 525. The van der Waals surface area contributed by atoms with Crippen LogP contribution in [0.2, 0.25) is 0 Å². The van der Waals surface area contributed by atoms with Crippen molar-refractivity contribution in [3.05, 3.63) is 29.3 Å². The highest BCUT2D eigenvalue weighted by molar-refractivity contribution is 7.80. The van der Waals surface area contributed by atoms with E-state index in [1.54, 1.807) is 0 Å². The van der Waals surface area contributed by atoms with Crippen LogP contribution < -0.4 is 10.5 Å². The Labute approximate surface area is 125 Å². The van der Waals surface area contributed by atoms with Gasteiger partial charge in [0.1, 0.15) is 16.8 Å². The minimum absolute atomic E-state index is 0.109. The van der Waals surface area contributed by atoms with E-state index in [4.69, 9.17) is 27.4 Å². The van der Waals surface area contributed by atoms with Crippen LogP contribution in [-0.4, -0.2) is 23.3 Å². The third kappa shape index (κ3) is 2.67. The van der Waals surface area contributed by atoms with E-state index >= 15 is 0 Å². The molecule has 2 fully saturated rings. The molecule has 2 N–H and O–H groups in total. The lowest BCUT2D eigenvalue weighted by molar-refractivity contribution is -0.153. The van der Waals surface area contributed by atoms with Crippen molar-refractivity contribution in [3.8, 4) is 5.75 Å². The van der Waals surface area contributed by atoms with Crippen LogP contribution in [0.5, 0.6) is 5.75 Å². The van der Waals surface area contributed by atoms with E-state index in [-0.39, 0.29) is 11.7 Å². The number of thiocarbonyl (C=S) groups is 1. The van der Waals surface area contributed by atoms with Crippen molar-refractivity contribution < 1.29 is 9.47 Å². The molecule has 1 heterocycles. The van der Waals surface area contributed by atoms with E-state index in [9.17, 15) is 0 Å². The Kier molecular flexibility index (Phi) is 3.69. The summed E-state index contributed by atoms with van der Waals surface area (Å²) in [5.41, 5.74) is 7.80. The van der Waals surface area contributed by atoms with Crippen molar-refractivity contribution >= 4 is 17.2 Å². The SMILES string of the molecule is Cc1ccc(C(N)=S)cc1OC1CCOC2(CCC2)C1. The molecule has 1 saturated heterocycles. The van der Waals surface area contributed by atoms with Gasteiger partial charge < -0.3 is 15.2 Å². The van der Waals surface area contributed by atoms with Crippen LogP contribution in [0.25, 0.3) is 0 Å². The second kappa shape index (κ2) is 5.34. The molecule has 1 atom stereocenters. The summed E-state index contributed by atoms with van der Waals surface area (Å²) in [4.78, 5) is 0.414. The topological polar surface area (TPSA) is 44.5 Å². The number of hydrogen-bond donors (Lipinski definition) is 1. The molecule has 1 aromatic carbocycles. The Balaban J connectivity index is 1.73. The Morgan fingerprint density at radius 1 is 1.45 bits per heavy atom. The maximum Gasteiger partial charge on any atom is 0.123 e. The lowest BCUT2D eigenvalue weighted by Crippen LogP contribution is -2.48. The highest BCUT2D eigenvalue weighted by Gasteiger charge is 2.43. The van der Waals surface area contributed by atoms with E-state index in [1.807, 2.05) is 18.2 Å². The van der Waals surface area contributed by atoms with Crippen molar-refractivity contribution in [2.75, 3.05) is 6.61 Å². The van der Waals surface area contributed by atoms with Gasteiger partial charge in [-0.1, -0.05) is 24.4 Å². The molecule has 3 rings (SSSR count). The van der Waals surface area contributed by atoms with Crippen LogP contribution in [0, 0.1) is 6.92 Å². The third-order valence-electron chi connectivity index (χ3n) is 4.48. The predicted molar refractivity (Wildman–Crippen MR) is 83.3 cm³/mol. The molecule has 1 aliphatic carbocycles. The van der Waals surface area contributed by atoms with Gasteiger partial charge in [0.15, 0.2) is 0 Å². The van der Waals surface area contributed by atoms with Crippen molar-refractivity contribution in [1.82, 2.24) is 0 Å². The predicted octanol–water partition coefficient (Wildman–Crippen LogP) is 3.11. The molecule has 0 aromatic heterocycles. The van der Waals surface area contributed by atoms with Gasteiger partial charge in [-0.05, 0) is 37.8 Å². The Hall–Kier alpha value is -1.13. The lowest BCUT2D eigenvalue weighted by Gasteiger charge is -2.47. The quantitative estimate of drug-likeness (QED) is 0.869. The van der Waals surface area contributed by atoms with E-state index in [0.29, 0.717) is 4.99 Å². The maximum atomic E-state index is 6.21. The van der Waals surface area contributed by atoms with Gasteiger partial charge in [0, 0.05) is 18.4 Å². The zero-order chi connectivity index (χ0) is 14.2. The first-order chi connectivity index (χ1) is 9.58. The molecule has 1 saturated carbocycles. The van der Waals surface area contributed by atoms with Gasteiger partial charge in [0.2, 0.25) is 0 Å². The van der Waals surface area contributed by atoms with Crippen LogP contribution in [0.15, 0.2) is 18.2 Å². The summed E-state index contributed by atoms with van der Waals surface area (Å²) in [7, 11) is 0. The van der Waals surface area contributed by atoms with Crippen molar-refractivity contribution in [3.63, 3.8) is 0 Å². The zero-order valence-electron chi connectivity index (χ0n) is 11.9. The van der Waals surface area contributed by atoms with Gasteiger partial charge in [-0.15, -0.1) is 0 Å². The molecule has 108 valence electrons. The minimum atomic E-state index is 0.109. The van der Waals surface area contributed by atoms with E-state index in [2.05, 4.69) is 6.92 Å². The summed E-state index contributed by atoms with van der Waals surface area (Å²) in [5, 5.41) is 0. The number of aryl methyl sites for hydroxylation is 1. The minimum Gasteiger partial charge on any atom is -0.490 e. The molecule has 0 bridgehead atoms. The van der Waals surface area contributed by atoms with Gasteiger partial charge in [0.25, 0.3) is 0 Å². The summed E-state index contributed by atoms with van der Waals surface area (Å²) >= 11 is 5.04. The largest absolute Gasteiger partial charge is 0.490 e. The fourth-order valence-electron chi connectivity index (χ4n) is 3.06. The molecule has 1 aromatic rings. The first kappa shape index (κ1) is 13.8. The molecular formula is C16H21NO2S. The van der Waals surface area contributed by atoms with Crippen LogP contribution >= 0.6 is 12.2 Å². The number of nitrogens with two attached hydrogens (primary N) is 1. The second-order valence-electron chi connectivity index (χ2n) is 5.96. The first-order valence-electron chi connectivity index (χ1n) is 7.29. The summed E-state index contributed by atoms with van der Waals surface area (Å²) in [6, 6.07) is 5.92. The van der Waals surface area contributed by atoms with Gasteiger partial charge in [0.05, 0.1) is 12.2 Å². The van der Waals surface area contributed by atoms with Gasteiger partial charge in [-0.2, -0.15) is 0 Å². The fraction of sp³-hybridized carbons (Fsp3) is 0.562. The van der Waals surface area contributed by atoms with Crippen molar-refractivity contribution in [2.24, 2.45) is 5.73 Å². The number of benzene rings is 1. The van der Waals surface area contributed by atoms with E-state index in [0.717, 1.165) is 36.3 Å². The van der Waals surface area contributed by atoms with E-state index < -0.39 is 0 Å². The van der Waals surface area contributed by atoms with Gasteiger partial charge in [-0.25, -0.2) is 0 Å². The zero-order valence-corrected chi connectivity index (χ0v) is 12.7. The Morgan fingerprint density at radius 3 is 2.90 bits per heavy atom. The average molecular weight is 291 g/mol. The highest BCUT2D eigenvalue weighted by atomic mass is 32.1. The molecule has 1 unspecified atom stereocenters. The number of rotatable bonds is 3. The standard InChI is InChI=1S/C16H21NO2S/c1-11-3-4-12(15(17)20)9-14(11)19-13-5-8-18-16(10-13)6-2-7-16/h3-4,9,13H,2,5-8,10H2,1H3,(H2,17,20). The Morgan fingerprint density at radius 2 is 2.25 bits per heavy atom. The normalized spacial score (nSPS) is 24.1. The molecule has 3 nitrogen and oxygen atoms in total. The highest BCUT2D eigenvalue weighted by Crippen LogP contribution is 2.43. The van der Waals surface area contributed by atoms with Crippen molar-refractivity contribution in [2.45, 2.75) is 50.7 Å². The monoisotopic (exact) mass is 291 g/mol. The number of hydrogen-bond acceptors (Lipinski definition) is 3. The molecule has 4 heteroatoms. The molecule has 1 spiro atoms. The molecule has 20 heavy (non-hydrogen) atoms. The molecular weight excluding hydrogens is 270 g/mol. The van der Waals surface area contributed by atoms with Crippen LogP contribution in [-0.2, 0) is 4.74 Å². The summed E-state index contributed by atoms with van der Waals surface area (Å²) in [5.74, 6) is 0.900. The third-order valence-corrected chi connectivity index (χ3v) is 4.71. The smallest absolute Gasteiger partial charge is 0.123 e. The van der Waals surface area contributed by atoms with Crippen LogP contribution in [0.1, 0.15) is 43.2 Å². The van der Waals surface area contributed by atoms with E-state index in [1.165, 1.54) is 19.3 Å².